The Morgan fingerprint density at radius 1 is 1.30 bits per heavy atom. The number of morpholine rings is 1. The quantitative estimate of drug-likeness (QED) is 0.924. The molecule has 0 spiro atoms. The number of benzene rings is 1. The number of rotatable bonds is 2. The average Bonchev–Trinajstić information content (AvgIpc) is 3.01. The monoisotopic (exact) mass is 290 g/mol. The molecule has 5 heteroatoms. The number of nitrogens with zero attached hydrogens (tertiary/aromatic N) is 1. The molecule has 2 aromatic rings. The predicted molar refractivity (Wildman–Crippen MR) is 76.8 cm³/mol. The van der Waals surface area contributed by atoms with Crippen molar-refractivity contribution in [2.45, 2.75) is 6.10 Å². The molecule has 0 unspecified atom stereocenters. The molecule has 4 nitrogen and oxygen atoms in total. The van der Waals surface area contributed by atoms with E-state index in [0.717, 1.165) is 5.56 Å². The Morgan fingerprint density at radius 2 is 2.10 bits per heavy atom. The van der Waals surface area contributed by atoms with Crippen LogP contribution in [0, 0.1) is 0 Å². The third kappa shape index (κ3) is 2.71. The van der Waals surface area contributed by atoms with Gasteiger partial charge in [-0.15, -0.1) is 0 Å². The molecule has 1 saturated heterocycles. The summed E-state index contributed by atoms with van der Waals surface area (Å²) < 4.78 is 5.76. The molecule has 2 heterocycles. The van der Waals surface area contributed by atoms with Crippen molar-refractivity contribution >= 4 is 17.5 Å². The number of halogens is 1. The molecule has 1 atom stereocenters. The first-order valence-corrected chi connectivity index (χ1v) is 6.91. The molecular weight excluding hydrogens is 276 g/mol. The van der Waals surface area contributed by atoms with Gasteiger partial charge in [0, 0.05) is 24.0 Å². The zero-order chi connectivity index (χ0) is 13.9. The number of H-pyrrole nitrogens is 1. The molecule has 104 valence electrons. The Bertz CT molecular complexity index is 580. The summed E-state index contributed by atoms with van der Waals surface area (Å²) in [4.78, 5) is 17.1. The van der Waals surface area contributed by atoms with Crippen LogP contribution in [0.5, 0.6) is 0 Å². The third-order valence-electron chi connectivity index (χ3n) is 3.44. The van der Waals surface area contributed by atoms with Crippen LogP contribution in [0.4, 0.5) is 0 Å². The van der Waals surface area contributed by atoms with Crippen molar-refractivity contribution in [2.75, 3.05) is 19.7 Å². The predicted octanol–water partition coefficient (Wildman–Crippen LogP) is 2.88. The highest BCUT2D eigenvalue weighted by molar-refractivity contribution is 6.30. The summed E-state index contributed by atoms with van der Waals surface area (Å²) in [6, 6.07) is 9.35. The number of carbonyl (C=O) groups excluding carboxylic acids is 1. The van der Waals surface area contributed by atoms with Crippen LogP contribution in [0.1, 0.15) is 22.0 Å². The van der Waals surface area contributed by atoms with Crippen molar-refractivity contribution in [2.24, 2.45) is 0 Å². The molecule has 1 fully saturated rings. The van der Waals surface area contributed by atoms with Crippen molar-refractivity contribution in [1.82, 2.24) is 9.88 Å². The minimum absolute atomic E-state index is 0.0357. The molecule has 0 aliphatic carbocycles. The van der Waals surface area contributed by atoms with Crippen LogP contribution >= 0.6 is 11.6 Å². The van der Waals surface area contributed by atoms with E-state index in [1.54, 1.807) is 18.5 Å². The van der Waals surface area contributed by atoms with Gasteiger partial charge in [-0.05, 0) is 23.8 Å². The molecule has 1 aliphatic rings. The molecule has 0 radical (unpaired) electrons. The highest BCUT2D eigenvalue weighted by atomic mass is 35.5. The summed E-state index contributed by atoms with van der Waals surface area (Å²) in [6.07, 6.45) is 3.38. The van der Waals surface area contributed by atoms with Gasteiger partial charge in [-0.25, -0.2) is 0 Å². The summed E-state index contributed by atoms with van der Waals surface area (Å²) in [5.74, 6) is 0.0357. The van der Waals surface area contributed by atoms with E-state index < -0.39 is 0 Å². The van der Waals surface area contributed by atoms with E-state index in [1.807, 2.05) is 29.2 Å². The average molecular weight is 291 g/mol. The van der Waals surface area contributed by atoms with E-state index in [-0.39, 0.29) is 12.0 Å². The number of ether oxygens (including phenoxy) is 1. The molecule has 1 amide bonds. The minimum Gasteiger partial charge on any atom is -0.370 e. The fourth-order valence-corrected chi connectivity index (χ4v) is 2.48. The van der Waals surface area contributed by atoms with Crippen molar-refractivity contribution in [1.29, 1.82) is 0 Å². The fourth-order valence-electron chi connectivity index (χ4n) is 2.35. The Hall–Kier alpha value is -1.78. The number of nitrogens with one attached hydrogen (secondary N) is 1. The molecule has 20 heavy (non-hydrogen) atoms. The number of aromatic amines is 1. The Labute approximate surface area is 122 Å². The van der Waals surface area contributed by atoms with E-state index in [0.29, 0.717) is 30.3 Å². The number of aromatic nitrogens is 1. The maximum Gasteiger partial charge on any atom is 0.255 e. The highest BCUT2D eigenvalue weighted by Gasteiger charge is 2.26. The lowest BCUT2D eigenvalue weighted by Crippen LogP contribution is -2.42. The molecular formula is C15H15ClN2O2. The topological polar surface area (TPSA) is 45.3 Å². The van der Waals surface area contributed by atoms with Gasteiger partial charge in [-0.3, -0.25) is 4.79 Å². The third-order valence-corrected chi connectivity index (χ3v) is 3.69. The van der Waals surface area contributed by atoms with Crippen molar-refractivity contribution < 1.29 is 9.53 Å². The van der Waals surface area contributed by atoms with Gasteiger partial charge < -0.3 is 14.6 Å². The van der Waals surface area contributed by atoms with Gasteiger partial charge in [0.2, 0.25) is 0 Å². The van der Waals surface area contributed by atoms with Crippen molar-refractivity contribution in [3.8, 4) is 0 Å². The van der Waals surface area contributed by atoms with Crippen LogP contribution in [0.2, 0.25) is 5.02 Å². The van der Waals surface area contributed by atoms with E-state index >= 15 is 0 Å². The first-order valence-electron chi connectivity index (χ1n) is 6.53. The second-order valence-corrected chi connectivity index (χ2v) is 5.20. The Morgan fingerprint density at radius 3 is 2.80 bits per heavy atom. The highest BCUT2D eigenvalue weighted by Crippen LogP contribution is 2.24. The van der Waals surface area contributed by atoms with Crippen molar-refractivity contribution in [3.63, 3.8) is 0 Å². The number of hydrogen-bond donors (Lipinski definition) is 1. The van der Waals surface area contributed by atoms with Gasteiger partial charge in [-0.2, -0.15) is 0 Å². The lowest BCUT2D eigenvalue weighted by molar-refractivity contribution is -0.0228. The number of hydrogen-bond acceptors (Lipinski definition) is 2. The Kier molecular flexibility index (Phi) is 3.76. The standard InChI is InChI=1S/C15H15ClN2O2/c16-13-3-1-11(2-4-13)14-10-18(7-8-20-14)15(19)12-5-6-17-9-12/h1-6,9,14,17H,7-8,10H2/t14-/m1/s1. The summed E-state index contributed by atoms with van der Waals surface area (Å²) >= 11 is 5.89. The summed E-state index contributed by atoms with van der Waals surface area (Å²) in [5, 5.41) is 0.699. The maximum atomic E-state index is 12.3. The van der Waals surface area contributed by atoms with Gasteiger partial charge in [0.1, 0.15) is 6.10 Å². The lowest BCUT2D eigenvalue weighted by Gasteiger charge is -2.33. The fraction of sp³-hybridized carbons (Fsp3) is 0.267. The lowest BCUT2D eigenvalue weighted by atomic mass is 10.1. The van der Waals surface area contributed by atoms with Crippen molar-refractivity contribution in [3.05, 3.63) is 58.9 Å². The zero-order valence-electron chi connectivity index (χ0n) is 10.9. The number of carbonyl (C=O) groups is 1. The van der Waals surface area contributed by atoms with Gasteiger partial charge in [0.05, 0.1) is 18.7 Å². The van der Waals surface area contributed by atoms with Crippen LogP contribution in [-0.2, 0) is 4.74 Å². The Balaban J connectivity index is 1.73. The van der Waals surface area contributed by atoms with Crippen LogP contribution in [0.3, 0.4) is 0 Å². The maximum absolute atomic E-state index is 12.3. The zero-order valence-corrected chi connectivity index (χ0v) is 11.6. The van der Waals surface area contributed by atoms with E-state index in [2.05, 4.69) is 4.98 Å². The molecule has 3 rings (SSSR count). The molecule has 0 saturated carbocycles. The first kappa shape index (κ1) is 13.2. The molecule has 1 aromatic carbocycles. The largest absolute Gasteiger partial charge is 0.370 e. The molecule has 0 bridgehead atoms. The van der Waals surface area contributed by atoms with Crippen LogP contribution in [0.25, 0.3) is 0 Å². The van der Waals surface area contributed by atoms with Gasteiger partial charge >= 0.3 is 0 Å². The van der Waals surface area contributed by atoms with E-state index in [4.69, 9.17) is 16.3 Å². The number of amides is 1. The van der Waals surface area contributed by atoms with Gasteiger partial charge in [0.15, 0.2) is 0 Å². The normalized spacial score (nSPS) is 19.1. The van der Waals surface area contributed by atoms with E-state index in [9.17, 15) is 4.79 Å². The summed E-state index contributed by atoms with van der Waals surface area (Å²) in [7, 11) is 0. The molecule has 1 N–H and O–H groups in total. The van der Waals surface area contributed by atoms with Gasteiger partial charge in [0.25, 0.3) is 5.91 Å². The molecule has 1 aromatic heterocycles. The minimum atomic E-state index is -0.0936. The first-order chi connectivity index (χ1) is 9.74. The van der Waals surface area contributed by atoms with E-state index in [1.165, 1.54) is 0 Å². The SMILES string of the molecule is O=C(c1cc[nH]c1)N1CCO[C@@H](c2ccc(Cl)cc2)C1. The van der Waals surface area contributed by atoms with Crippen LogP contribution in [-0.4, -0.2) is 35.5 Å². The summed E-state index contributed by atoms with van der Waals surface area (Å²) in [6.45, 7) is 1.73. The van der Waals surface area contributed by atoms with Gasteiger partial charge in [-0.1, -0.05) is 23.7 Å². The van der Waals surface area contributed by atoms with Crippen LogP contribution < -0.4 is 0 Å². The second kappa shape index (κ2) is 5.69. The molecule has 1 aliphatic heterocycles. The smallest absolute Gasteiger partial charge is 0.255 e. The van der Waals surface area contributed by atoms with Crippen LogP contribution in [0.15, 0.2) is 42.7 Å². The second-order valence-electron chi connectivity index (χ2n) is 4.76. The summed E-state index contributed by atoms with van der Waals surface area (Å²) in [5.41, 5.74) is 1.72.